The molecular formula is C27H50O9Si. The first-order valence-electron chi connectivity index (χ1n) is 13.3. The van der Waals surface area contributed by atoms with Crippen molar-refractivity contribution in [2.45, 2.75) is 121 Å². The van der Waals surface area contributed by atoms with Gasteiger partial charge in [0, 0.05) is 40.6 Å². The minimum absolute atomic E-state index is 0.0881. The van der Waals surface area contributed by atoms with Crippen LogP contribution in [0.3, 0.4) is 0 Å². The molecule has 2 fully saturated rings. The van der Waals surface area contributed by atoms with Crippen molar-refractivity contribution in [1.29, 1.82) is 0 Å². The second kappa shape index (κ2) is 14.5. The molecule has 0 N–H and O–H groups in total. The molecule has 0 amide bonds. The number of carbonyl (C=O) groups excluding carboxylic acids is 1. The maximum atomic E-state index is 12.1. The number of rotatable bonds is 12. The van der Waals surface area contributed by atoms with Gasteiger partial charge in [-0.05, 0) is 25.1 Å². The molecule has 8 atom stereocenters. The van der Waals surface area contributed by atoms with Crippen LogP contribution in [0.5, 0.6) is 0 Å². The fraction of sp³-hybridized carbons (Fsp3) is 0.889. The summed E-state index contributed by atoms with van der Waals surface area (Å²) in [4.78, 5) is 12.1. The third-order valence-electron chi connectivity index (χ3n) is 7.77. The van der Waals surface area contributed by atoms with E-state index in [1.54, 1.807) is 21.3 Å². The molecule has 0 aromatic rings. The summed E-state index contributed by atoms with van der Waals surface area (Å²) >= 11 is 0. The zero-order chi connectivity index (χ0) is 27.8. The van der Waals surface area contributed by atoms with Crippen LogP contribution in [0, 0.1) is 0 Å². The van der Waals surface area contributed by atoms with Crippen LogP contribution in [0.2, 0.25) is 18.1 Å². The Hall–Kier alpha value is -0.853. The van der Waals surface area contributed by atoms with E-state index in [-0.39, 0.29) is 54.1 Å². The number of hydrogen-bond acceptors (Lipinski definition) is 9. The van der Waals surface area contributed by atoms with Crippen LogP contribution >= 0.6 is 0 Å². The van der Waals surface area contributed by atoms with E-state index in [9.17, 15) is 4.79 Å². The summed E-state index contributed by atoms with van der Waals surface area (Å²) in [7, 11) is 4.26. The summed E-state index contributed by atoms with van der Waals surface area (Å²) in [6.45, 7) is 13.5. The number of methoxy groups -OCH3 is 4. The molecule has 0 aromatic carbocycles. The Labute approximate surface area is 224 Å². The molecule has 9 nitrogen and oxygen atoms in total. The van der Waals surface area contributed by atoms with Gasteiger partial charge in [0.25, 0.3) is 0 Å². The topological polar surface area (TPSA) is 90.9 Å². The minimum atomic E-state index is -2.00. The SMILES string of the molecule is C/C=C/[C@H](C[C@@H]1C[C@H](O[C@@H]2OC[C@@H](OC)[C@H](OC)[C@H]2OC)C[C@H](CC(=O)OC)O1)O[Si](C)(C)C(C)(C)C. The normalized spacial score (nSPS) is 32.4. The number of esters is 1. The number of carbonyl (C=O) groups is 1. The Bertz CT molecular complexity index is 723. The van der Waals surface area contributed by atoms with Crippen LogP contribution in [-0.2, 0) is 42.4 Å². The van der Waals surface area contributed by atoms with Gasteiger partial charge in [-0.15, -0.1) is 0 Å². The quantitative estimate of drug-likeness (QED) is 0.202. The van der Waals surface area contributed by atoms with Crippen molar-refractivity contribution < 1.29 is 42.4 Å². The maximum absolute atomic E-state index is 12.1. The van der Waals surface area contributed by atoms with Crippen LogP contribution in [0.4, 0.5) is 0 Å². The van der Waals surface area contributed by atoms with Crippen LogP contribution in [0.25, 0.3) is 0 Å². The first-order chi connectivity index (χ1) is 17.4. The van der Waals surface area contributed by atoms with Crippen molar-refractivity contribution in [3.63, 3.8) is 0 Å². The van der Waals surface area contributed by atoms with Crippen molar-refractivity contribution >= 4 is 14.3 Å². The molecule has 216 valence electrons. The smallest absolute Gasteiger partial charge is 0.308 e. The molecule has 2 heterocycles. The van der Waals surface area contributed by atoms with Gasteiger partial charge in [0.1, 0.15) is 18.3 Å². The third-order valence-corrected chi connectivity index (χ3v) is 12.3. The average Bonchev–Trinajstić information content (AvgIpc) is 2.82. The van der Waals surface area contributed by atoms with Crippen LogP contribution in [-0.4, -0.2) is 98.4 Å². The van der Waals surface area contributed by atoms with Gasteiger partial charge < -0.3 is 37.6 Å². The molecule has 2 aliphatic rings. The predicted molar refractivity (Wildman–Crippen MR) is 143 cm³/mol. The predicted octanol–water partition coefficient (Wildman–Crippen LogP) is 4.24. The molecule has 0 aliphatic carbocycles. The lowest BCUT2D eigenvalue weighted by Gasteiger charge is -2.44. The van der Waals surface area contributed by atoms with E-state index in [0.29, 0.717) is 25.9 Å². The van der Waals surface area contributed by atoms with Crippen molar-refractivity contribution in [2.75, 3.05) is 35.0 Å². The molecule has 37 heavy (non-hydrogen) atoms. The van der Waals surface area contributed by atoms with Crippen molar-refractivity contribution in [1.82, 2.24) is 0 Å². The summed E-state index contributed by atoms with van der Waals surface area (Å²) in [6, 6.07) is 0. The lowest BCUT2D eigenvalue weighted by Crippen LogP contribution is -2.57. The first kappa shape index (κ1) is 32.4. The monoisotopic (exact) mass is 546 g/mol. The van der Waals surface area contributed by atoms with Crippen molar-refractivity contribution in [3.05, 3.63) is 12.2 Å². The van der Waals surface area contributed by atoms with Gasteiger partial charge in [-0.1, -0.05) is 32.9 Å². The van der Waals surface area contributed by atoms with Crippen LogP contribution < -0.4 is 0 Å². The molecule has 10 heteroatoms. The van der Waals surface area contributed by atoms with E-state index in [2.05, 4.69) is 39.9 Å². The molecule has 0 bridgehead atoms. The van der Waals surface area contributed by atoms with Crippen LogP contribution in [0.15, 0.2) is 12.2 Å². The molecule has 0 unspecified atom stereocenters. The molecule has 0 aromatic heterocycles. The summed E-state index contributed by atoms with van der Waals surface area (Å²) in [5.74, 6) is -0.307. The van der Waals surface area contributed by atoms with Gasteiger partial charge in [0.15, 0.2) is 14.6 Å². The highest BCUT2D eigenvalue weighted by Crippen LogP contribution is 2.39. The number of allylic oxidation sites excluding steroid dienone is 1. The zero-order valence-corrected chi connectivity index (χ0v) is 25.5. The van der Waals surface area contributed by atoms with Gasteiger partial charge in [0.05, 0.1) is 44.6 Å². The first-order valence-corrected chi connectivity index (χ1v) is 16.2. The van der Waals surface area contributed by atoms with E-state index < -0.39 is 20.7 Å². The summed E-state index contributed by atoms with van der Waals surface area (Å²) in [5.41, 5.74) is 0. The van der Waals surface area contributed by atoms with Gasteiger partial charge in [-0.2, -0.15) is 0 Å². The van der Waals surface area contributed by atoms with Gasteiger partial charge in [-0.25, -0.2) is 0 Å². The summed E-state index contributed by atoms with van der Waals surface area (Å²) < 4.78 is 47.4. The highest BCUT2D eigenvalue weighted by atomic mass is 28.4. The Kier molecular flexibility index (Phi) is 12.7. The number of hydrogen-bond donors (Lipinski definition) is 0. The number of ether oxygens (including phenoxy) is 7. The summed E-state index contributed by atoms with van der Waals surface area (Å²) in [5, 5.41) is 0.0881. The second-order valence-corrected chi connectivity index (χ2v) is 16.2. The third kappa shape index (κ3) is 9.10. The minimum Gasteiger partial charge on any atom is -0.469 e. The Balaban J connectivity index is 2.18. The molecule has 2 aliphatic heterocycles. The highest BCUT2D eigenvalue weighted by molar-refractivity contribution is 6.74. The molecule has 0 radical (unpaired) electrons. The van der Waals surface area contributed by atoms with E-state index in [1.165, 1.54) is 7.11 Å². The summed E-state index contributed by atoms with van der Waals surface area (Å²) in [6.07, 6.45) is 3.71. The molecular weight excluding hydrogens is 496 g/mol. The van der Waals surface area contributed by atoms with Crippen molar-refractivity contribution in [2.24, 2.45) is 0 Å². The van der Waals surface area contributed by atoms with E-state index in [0.717, 1.165) is 0 Å². The highest BCUT2D eigenvalue weighted by Gasteiger charge is 2.45. The molecule has 2 saturated heterocycles. The molecule has 0 saturated carbocycles. The Morgan fingerprint density at radius 2 is 1.68 bits per heavy atom. The fourth-order valence-corrected chi connectivity index (χ4v) is 6.00. The van der Waals surface area contributed by atoms with Gasteiger partial charge in [-0.3, -0.25) is 4.79 Å². The lowest BCUT2D eigenvalue weighted by molar-refractivity contribution is -0.302. The maximum Gasteiger partial charge on any atom is 0.308 e. The Morgan fingerprint density at radius 3 is 2.22 bits per heavy atom. The fourth-order valence-electron chi connectivity index (χ4n) is 4.71. The van der Waals surface area contributed by atoms with Gasteiger partial charge >= 0.3 is 5.97 Å². The Morgan fingerprint density at radius 1 is 1.03 bits per heavy atom. The lowest BCUT2D eigenvalue weighted by atomic mass is 9.95. The largest absolute Gasteiger partial charge is 0.469 e. The molecule has 2 rings (SSSR count). The van der Waals surface area contributed by atoms with E-state index in [4.69, 9.17) is 37.6 Å². The molecule has 0 spiro atoms. The zero-order valence-electron chi connectivity index (χ0n) is 24.5. The second-order valence-electron chi connectivity index (χ2n) is 11.4. The van der Waals surface area contributed by atoms with E-state index >= 15 is 0 Å². The van der Waals surface area contributed by atoms with E-state index in [1.807, 2.05) is 13.0 Å². The van der Waals surface area contributed by atoms with Crippen LogP contribution in [0.1, 0.15) is 53.4 Å². The average molecular weight is 547 g/mol. The van der Waals surface area contributed by atoms with Gasteiger partial charge in [0.2, 0.25) is 0 Å². The van der Waals surface area contributed by atoms with Crippen molar-refractivity contribution in [3.8, 4) is 0 Å². The standard InChI is InChI=1S/C27H50O9Si/c1-11-12-18(36-37(9,10)27(2,3)4)13-19-14-20(15-21(34-19)16-23(28)30-6)35-26-25(32-8)24(31-7)22(29-5)17-33-26/h11-12,18-22,24-26H,13-17H2,1-10H3/b12-11+/t18-,19-,20+,21-,22-,24+,25-,26+/m1/s1.